The highest BCUT2D eigenvalue weighted by Crippen LogP contribution is 2.05. The molecule has 1 N–H and O–H groups in total. The largest absolute Gasteiger partial charge is 0.478 e. The Morgan fingerprint density at radius 1 is 1.41 bits per heavy atom. The summed E-state index contributed by atoms with van der Waals surface area (Å²) in [6, 6.07) is 0. The minimum Gasteiger partial charge on any atom is -0.478 e. The molecular weight excluding hydrogens is 252 g/mol. The summed E-state index contributed by atoms with van der Waals surface area (Å²) in [5.41, 5.74) is -0.605. The number of carbonyl (C=O) groups is 2. The van der Waals surface area contributed by atoms with E-state index in [0.717, 1.165) is 7.11 Å². The van der Waals surface area contributed by atoms with Gasteiger partial charge in [-0.25, -0.2) is 9.59 Å². The van der Waals surface area contributed by atoms with Crippen LogP contribution in [-0.2, 0) is 28.6 Å². The first-order valence-corrected chi connectivity index (χ1v) is 5.74. The number of hydrogen-bond donors (Lipinski definition) is 1. The van der Waals surface area contributed by atoms with Gasteiger partial charge in [-0.3, -0.25) is 4.18 Å². The van der Waals surface area contributed by atoms with Crippen LogP contribution in [-0.4, -0.2) is 39.2 Å². The number of carboxylic acids is 1. The van der Waals surface area contributed by atoms with Crippen LogP contribution in [0.15, 0.2) is 23.1 Å². The van der Waals surface area contributed by atoms with Gasteiger partial charge in [0.05, 0.1) is 24.7 Å². The summed E-state index contributed by atoms with van der Waals surface area (Å²) in [6.07, 6.45) is 0. The number of ether oxygens (including phenoxy) is 1. The van der Waals surface area contributed by atoms with Crippen LogP contribution in [0.4, 0.5) is 0 Å². The Balaban J connectivity index is 4.67. The number of carboxylic acid groups (broad SMARTS) is 1. The van der Waals surface area contributed by atoms with Crippen LogP contribution < -0.4 is 0 Å². The average Bonchev–Trinajstić information content (AvgIpc) is 2.23. The van der Waals surface area contributed by atoms with E-state index in [1.165, 1.54) is 6.92 Å². The second-order valence-corrected chi connectivity index (χ2v) is 4.41. The predicted octanol–water partition coefficient (Wildman–Crippen LogP) is 0.0504. The molecule has 96 valence electrons. The number of carbonyl (C=O) groups excluding carboxylic acids is 1. The molecule has 0 fully saturated rings. The van der Waals surface area contributed by atoms with Crippen molar-refractivity contribution < 1.29 is 32.0 Å². The number of methoxy groups -OCH3 is 1. The third-order valence-corrected chi connectivity index (χ3v) is 2.62. The smallest absolute Gasteiger partial charge is 0.334 e. The number of esters is 1. The van der Waals surface area contributed by atoms with Crippen molar-refractivity contribution >= 4 is 22.1 Å². The van der Waals surface area contributed by atoms with Crippen LogP contribution in [0.2, 0.25) is 0 Å². The van der Waals surface area contributed by atoms with E-state index in [4.69, 9.17) is 5.11 Å². The fraction of sp³-hybridized carbons (Fsp3) is 0.333. The average molecular weight is 264 g/mol. The van der Waals surface area contributed by atoms with E-state index >= 15 is 0 Å². The van der Waals surface area contributed by atoms with Crippen molar-refractivity contribution in [2.24, 2.45) is 0 Å². The Bertz CT molecular complexity index is 458. The first kappa shape index (κ1) is 15.3. The van der Waals surface area contributed by atoms with Crippen LogP contribution in [0, 0.1) is 0 Å². The van der Waals surface area contributed by atoms with Gasteiger partial charge in [0.2, 0.25) is 0 Å². The molecule has 0 aliphatic carbocycles. The molecule has 0 aromatic rings. The topological polar surface area (TPSA) is 107 Å². The number of rotatable bonds is 6. The summed E-state index contributed by atoms with van der Waals surface area (Å²) in [4.78, 5) is 21.2. The fourth-order valence-corrected chi connectivity index (χ4v) is 1.58. The molecule has 0 saturated carbocycles. The van der Waals surface area contributed by atoms with Gasteiger partial charge in [-0.15, -0.1) is 0 Å². The van der Waals surface area contributed by atoms with Crippen LogP contribution >= 0.6 is 0 Å². The Morgan fingerprint density at radius 2 is 1.94 bits per heavy atom. The van der Waals surface area contributed by atoms with Gasteiger partial charge in [0.15, 0.2) is 0 Å². The quantitative estimate of drug-likeness (QED) is 0.410. The summed E-state index contributed by atoms with van der Waals surface area (Å²) in [7, 11) is -3.05. The van der Waals surface area contributed by atoms with Gasteiger partial charge in [-0.2, -0.15) is 8.42 Å². The first-order valence-electron chi connectivity index (χ1n) is 4.26. The molecule has 8 heteroatoms. The summed E-state index contributed by atoms with van der Waals surface area (Å²) in [5, 5.41) is 8.97. The van der Waals surface area contributed by atoms with Crippen molar-refractivity contribution in [3.05, 3.63) is 23.1 Å². The van der Waals surface area contributed by atoms with E-state index in [0.29, 0.717) is 5.41 Å². The lowest BCUT2D eigenvalue weighted by Crippen LogP contribution is -2.12. The molecule has 0 saturated heterocycles. The van der Waals surface area contributed by atoms with E-state index < -0.39 is 34.2 Å². The Hall–Kier alpha value is -1.67. The summed E-state index contributed by atoms with van der Waals surface area (Å²) >= 11 is 0. The second-order valence-electron chi connectivity index (χ2n) is 2.96. The van der Waals surface area contributed by atoms with Gasteiger partial charge in [-0.1, -0.05) is 6.58 Å². The normalized spacial score (nSPS) is 12.0. The molecule has 0 aliphatic heterocycles. The van der Waals surface area contributed by atoms with Crippen molar-refractivity contribution in [1.82, 2.24) is 0 Å². The molecule has 0 aromatic carbocycles. The molecule has 0 heterocycles. The summed E-state index contributed by atoms with van der Waals surface area (Å²) in [5.74, 6) is -2.19. The van der Waals surface area contributed by atoms with E-state index in [9.17, 15) is 18.0 Å². The van der Waals surface area contributed by atoms with Crippen molar-refractivity contribution in [1.29, 1.82) is 0 Å². The van der Waals surface area contributed by atoms with Crippen LogP contribution in [0.1, 0.15) is 6.92 Å². The van der Waals surface area contributed by atoms with E-state index in [1.54, 1.807) is 0 Å². The maximum absolute atomic E-state index is 11.2. The van der Waals surface area contributed by atoms with Gasteiger partial charge in [-0.05, 0) is 6.92 Å². The van der Waals surface area contributed by atoms with Crippen molar-refractivity contribution in [3.8, 4) is 0 Å². The molecule has 0 rings (SSSR count). The van der Waals surface area contributed by atoms with Gasteiger partial charge in [0.1, 0.15) is 0 Å². The summed E-state index contributed by atoms with van der Waals surface area (Å²) < 4.78 is 31.1. The first-order chi connectivity index (χ1) is 7.69. The maximum atomic E-state index is 11.2. The third kappa shape index (κ3) is 5.83. The standard InChI is InChI=1S/C9H12O7S/c1-6(8(10)11)4-16-17(13,14)5-7(2)9(12)15-3/h5H,1,4H2,2-3H3,(H,10,11). The molecule has 0 atom stereocenters. The monoisotopic (exact) mass is 264 g/mol. The lowest BCUT2D eigenvalue weighted by Gasteiger charge is -2.02. The molecule has 0 radical (unpaired) electrons. The van der Waals surface area contributed by atoms with Gasteiger partial charge < -0.3 is 9.84 Å². The molecule has 7 nitrogen and oxygen atoms in total. The highest BCUT2D eigenvalue weighted by Gasteiger charge is 2.14. The maximum Gasteiger partial charge on any atom is 0.334 e. The summed E-state index contributed by atoms with van der Waals surface area (Å²) in [6.45, 7) is 3.62. The van der Waals surface area contributed by atoms with E-state index in [1.807, 2.05) is 0 Å². The van der Waals surface area contributed by atoms with Gasteiger partial charge in [0, 0.05) is 5.57 Å². The molecule has 0 unspecified atom stereocenters. The molecule has 0 amide bonds. The highest BCUT2D eigenvalue weighted by molar-refractivity contribution is 7.89. The van der Waals surface area contributed by atoms with Crippen molar-refractivity contribution in [3.63, 3.8) is 0 Å². The molecule has 0 aliphatic rings. The zero-order chi connectivity index (χ0) is 13.6. The predicted molar refractivity (Wildman–Crippen MR) is 57.4 cm³/mol. The Morgan fingerprint density at radius 3 is 2.35 bits per heavy atom. The zero-order valence-corrected chi connectivity index (χ0v) is 10.1. The highest BCUT2D eigenvalue weighted by atomic mass is 32.2. The Kier molecular flexibility index (Phi) is 5.56. The number of aliphatic carboxylic acids is 1. The van der Waals surface area contributed by atoms with Crippen LogP contribution in [0.3, 0.4) is 0 Å². The molecule has 0 bridgehead atoms. The van der Waals surface area contributed by atoms with Crippen molar-refractivity contribution in [2.75, 3.05) is 13.7 Å². The van der Waals surface area contributed by atoms with Crippen LogP contribution in [0.5, 0.6) is 0 Å². The third-order valence-electron chi connectivity index (χ3n) is 1.53. The number of hydrogen-bond acceptors (Lipinski definition) is 6. The zero-order valence-electron chi connectivity index (χ0n) is 9.30. The Labute approximate surface area is 98.5 Å². The second kappa shape index (κ2) is 6.16. The SMILES string of the molecule is C=C(COS(=O)(=O)C=C(C)C(=O)OC)C(=O)O. The minimum absolute atomic E-state index is 0.187. The molecule has 17 heavy (non-hydrogen) atoms. The lowest BCUT2D eigenvalue weighted by molar-refractivity contribution is -0.136. The molecule has 0 aromatic heterocycles. The van der Waals surface area contributed by atoms with Crippen LogP contribution in [0.25, 0.3) is 0 Å². The lowest BCUT2D eigenvalue weighted by atomic mass is 10.3. The molecular formula is C9H12O7S. The van der Waals surface area contributed by atoms with Gasteiger partial charge in [0.25, 0.3) is 10.1 Å². The van der Waals surface area contributed by atoms with E-state index in [-0.39, 0.29) is 5.57 Å². The van der Waals surface area contributed by atoms with E-state index in [2.05, 4.69) is 15.5 Å². The minimum atomic E-state index is -4.15. The molecule has 0 spiro atoms. The fourth-order valence-electron chi connectivity index (χ4n) is 0.675. The van der Waals surface area contributed by atoms with Gasteiger partial charge >= 0.3 is 11.9 Å². The van der Waals surface area contributed by atoms with Crippen molar-refractivity contribution in [2.45, 2.75) is 6.92 Å².